The van der Waals surface area contributed by atoms with Gasteiger partial charge in [0.05, 0.1) is 18.0 Å². The second-order valence-electron chi connectivity index (χ2n) is 7.46. The normalized spacial score (nSPS) is 11.9. The van der Waals surface area contributed by atoms with Crippen molar-refractivity contribution in [1.29, 1.82) is 0 Å². The molecule has 0 aliphatic carbocycles. The van der Waals surface area contributed by atoms with Crippen molar-refractivity contribution in [2.45, 2.75) is 24.3 Å². The topological polar surface area (TPSA) is 57.0 Å². The largest absolute Gasteiger partial charge is 0.495 e. The number of ether oxygens (including phenoxy) is 1. The molecule has 5 nitrogen and oxygen atoms in total. The molecule has 33 heavy (non-hydrogen) atoms. The van der Waals surface area contributed by atoms with Crippen LogP contribution < -0.4 is 4.74 Å². The number of aromatic nitrogens is 3. The molecule has 1 atom stereocenters. The third-order valence-electron chi connectivity index (χ3n) is 5.09. The van der Waals surface area contributed by atoms with Crippen LogP contribution in [0.3, 0.4) is 0 Å². The molecule has 0 saturated heterocycles. The number of rotatable bonds is 7. The van der Waals surface area contributed by atoms with E-state index in [1.165, 1.54) is 11.8 Å². The Balaban J connectivity index is 1.80. The molecule has 3 aromatic carbocycles. The predicted molar refractivity (Wildman–Crippen MR) is 134 cm³/mol. The van der Waals surface area contributed by atoms with Gasteiger partial charge >= 0.3 is 0 Å². The van der Waals surface area contributed by atoms with E-state index in [0.29, 0.717) is 38.0 Å². The quantitative estimate of drug-likeness (QED) is 0.205. The van der Waals surface area contributed by atoms with Crippen LogP contribution in [0.4, 0.5) is 0 Å². The molecule has 1 aromatic heterocycles. The van der Waals surface area contributed by atoms with Gasteiger partial charge in [-0.25, -0.2) is 0 Å². The van der Waals surface area contributed by atoms with E-state index in [9.17, 15) is 4.79 Å². The van der Waals surface area contributed by atoms with Crippen LogP contribution in [-0.2, 0) is 0 Å². The Morgan fingerprint density at radius 3 is 2.42 bits per heavy atom. The SMILES string of the molecule is COc1ccc(Cl)cc1-n1c(S[C@@H](C)C(=O)c2ccc(C)cc2)nnc1-c1cccc(Cl)c1. The first-order chi connectivity index (χ1) is 15.9. The number of carbonyl (C=O) groups is 1. The number of carbonyl (C=O) groups excluding carboxylic acids is 1. The average Bonchev–Trinajstić information content (AvgIpc) is 3.22. The summed E-state index contributed by atoms with van der Waals surface area (Å²) in [4.78, 5) is 13.1. The van der Waals surface area contributed by atoms with E-state index in [1.807, 2.05) is 60.9 Å². The summed E-state index contributed by atoms with van der Waals surface area (Å²) in [6.45, 7) is 3.85. The Bertz CT molecular complexity index is 1310. The lowest BCUT2D eigenvalue weighted by molar-refractivity contribution is 0.0994. The van der Waals surface area contributed by atoms with Gasteiger partial charge in [-0.3, -0.25) is 9.36 Å². The van der Waals surface area contributed by atoms with Crippen molar-refractivity contribution in [3.05, 3.63) is 87.9 Å². The maximum atomic E-state index is 13.1. The van der Waals surface area contributed by atoms with Crippen LogP contribution in [-0.4, -0.2) is 32.9 Å². The fourth-order valence-electron chi connectivity index (χ4n) is 3.38. The second kappa shape index (κ2) is 10.00. The highest BCUT2D eigenvalue weighted by Gasteiger charge is 2.24. The van der Waals surface area contributed by atoms with Crippen molar-refractivity contribution in [2.75, 3.05) is 7.11 Å². The van der Waals surface area contributed by atoms with Gasteiger partial charge in [0.25, 0.3) is 0 Å². The predicted octanol–water partition coefficient (Wildman–Crippen LogP) is 6.92. The van der Waals surface area contributed by atoms with E-state index in [0.717, 1.165) is 11.1 Å². The zero-order valence-corrected chi connectivity index (χ0v) is 20.6. The minimum atomic E-state index is -0.395. The number of hydrogen-bond acceptors (Lipinski definition) is 5. The number of methoxy groups -OCH3 is 1. The number of thioether (sulfide) groups is 1. The van der Waals surface area contributed by atoms with Gasteiger partial charge in [-0.1, -0.05) is 76.9 Å². The van der Waals surface area contributed by atoms with E-state index in [-0.39, 0.29) is 5.78 Å². The number of nitrogens with zero attached hydrogens (tertiary/aromatic N) is 3. The van der Waals surface area contributed by atoms with Crippen LogP contribution in [0, 0.1) is 6.92 Å². The van der Waals surface area contributed by atoms with Gasteiger partial charge in [-0.05, 0) is 44.2 Å². The molecule has 0 bridgehead atoms. The van der Waals surface area contributed by atoms with Crippen LogP contribution in [0.5, 0.6) is 5.75 Å². The number of aryl methyl sites for hydroxylation is 1. The molecule has 0 saturated carbocycles. The fraction of sp³-hybridized carbons (Fsp3) is 0.160. The van der Waals surface area contributed by atoms with Crippen molar-refractivity contribution in [1.82, 2.24) is 14.8 Å². The lowest BCUT2D eigenvalue weighted by Crippen LogP contribution is -2.14. The number of hydrogen-bond donors (Lipinski definition) is 0. The molecule has 0 aliphatic heterocycles. The Morgan fingerprint density at radius 1 is 1.00 bits per heavy atom. The highest BCUT2D eigenvalue weighted by atomic mass is 35.5. The molecule has 0 N–H and O–H groups in total. The molecule has 0 spiro atoms. The Morgan fingerprint density at radius 2 is 1.73 bits per heavy atom. The number of benzene rings is 3. The zero-order chi connectivity index (χ0) is 23.5. The second-order valence-corrected chi connectivity index (χ2v) is 9.64. The van der Waals surface area contributed by atoms with Crippen LogP contribution in [0.2, 0.25) is 10.0 Å². The molecule has 0 unspecified atom stereocenters. The highest BCUT2D eigenvalue weighted by molar-refractivity contribution is 8.00. The van der Waals surface area contributed by atoms with E-state index in [1.54, 1.807) is 31.4 Å². The number of Topliss-reactive ketones (excluding diaryl/α,β-unsaturated/α-hetero) is 1. The average molecular weight is 498 g/mol. The number of ketones is 1. The van der Waals surface area contributed by atoms with Gasteiger partial charge < -0.3 is 4.74 Å². The molecule has 1 heterocycles. The van der Waals surface area contributed by atoms with Crippen LogP contribution >= 0.6 is 35.0 Å². The third kappa shape index (κ3) is 5.08. The minimum Gasteiger partial charge on any atom is -0.495 e. The summed E-state index contributed by atoms with van der Waals surface area (Å²) in [5, 5.41) is 10.1. The first kappa shape index (κ1) is 23.4. The molecular formula is C25H21Cl2N3O2S. The van der Waals surface area contributed by atoms with Crippen molar-refractivity contribution in [3.8, 4) is 22.8 Å². The van der Waals surface area contributed by atoms with Gasteiger partial charge in [-0.2, -0.15) is 0 Å². The molecule has 0 fully saturated rings. The standard InChI is InChI=1S/C25H21Cl2N3O2S/c1-15-7-9-17(10-8-15)23(31)16(2)33-25-29-28-24(18-5-4-6-19(26)13-18)30(25)21-14-20(27)11-12-22(21)32-3/h4-14,16H,1-3H3/t16-/m0/s1. The summed E-state index contributed by atoms with van der Waals surface area (Å²) in [5.74, 6) is 1.18. The summed E-state index contributed by atoms with van der Waals surface area (Å²) in [6.07, 6.45) is 0. The highest BCUT2D eigenvalue weighted by Crippen LogP contribution is 2.36. The van der Waals surface area contributed by atoms with E-state index < -0.39 is 5.25 Å². The third-order valence-corrected chi connectivity index (χ3v) is 6.60. The van der Waals surface area contributed by atoms with Crippen LogP contribution in [0.15, 0.2) is 71.9 Å². The van der Waals surface area contributed by atoms with Crippen molar-refractivity contribution in [3.63, 3.8) is 0 Å². The molecule has 0 aliphatic rings. The molecule has 4 aromatic rings. The first-order valence-electron chi connectivity index (χ1n) is 10.2. The summed E-state index contributed by atoms with van der Waals surface area (Å²) in [5.41, 5.74) is 3.21. The fourth-order valence-corrected chi connectivity index (χ4v) is 4.67. The Hall–Kier alpha value is -2.80. The van der Waals surface area contributed by atoms with E-state index >= 15 is 0 Å². The van der Waals surface area contributed by atoms with Gasteiger partial charge in [0, 0.05) is 21.2 Å². The Labute approximate surface area is 206 Å². The maximum absolute atomic E-state index is 13.1. The van der Waals surface area contributed by atoms with Gasteiger partial charge in [0.1, 0.15) is 5.75 Å². The number of halogens is 2. The van der Waals surface area contributed by atoms with E-state index in [2.05, 4.69) is 10.2 Å². The van der Waals surface area contributed by atoms with Crippen molar-refractivity contribution >= 4 is 40.7 Å². The minimum absolute atomic E-state index is 0.0110. The molecule has 0 radical (unpaired) electrons. The summed E-state index contributed by atoms with van der Waals surface area (Å²) < 4.78 is 7.44. The summed E-state index contributed by atoms with van der Waals surface area (Å²) >= 11 is 13.9. The molecule has 0 amide bonds. The monoisotopic (exact) mass is 497 g/mol. The molecule has 4 rings (SSSR count). The first-order valence-corrected chi connectivity index (χ1v) is 11.8. The maximum Gasteiger partial charge on any atom is 0.196 e. The Kier molecular flexibility index (Phi) is 7.08. The van der Waals surface area contributed by atoms with Crippen molar-refractivity contribution < 1.29 is 9.53 Å². The molecular weight excluding hydrogens is 477 g/mol. The van der Waals surface area contributed by atoms with Gasteiger partial charge in [-0.15, -0.1) is 10.2 Å². The van der Waals surface area contributed by atoms with E-state index in [4.69, 9.17) is 27.9 Å². The lowest BCUT2D eigenvalue weighted by Gasteiger charge is -2.16. The van der Waals surface area contributed by atoms with Crippen LogP contribution in [0.1, 0.15) is 22.8 Å². The summed E-state index contributed by atoms with van der Waals surface area (Å²) in [7, 11) is 1.59. The summed E-state index contributed by atoms with van der Waals surface area (Å²) in [6, 6.07) is 20.2. The van der Waals surface area contributed by atoms with Crippen LogP contribution in [0.25, 0.3) is 17.1 Å². The van der Waals surface area contributed by atoms with Crippen molar-refractivity contribution in [2.24, 2.45) is 0 Å². The van der Waals surface area contributed by atoms with Gasteiger partial charge in [0.2, 0.25) is 0 Å². The smallest absolute Gasteiger partial charge is 0.196 e. The zero-order valence-electron chi connectivity index (χ0n) is 18.3. The van der Waals surface area contributed by atoms with Gasteiger partial charge in [0.15, 0.2) is 16.8 Å². The lowest BCUT2D eigenvalue weighted by atomic mass is 10.1. The molecule has 168 valence electrons. The molecule has 8 heteroatoms.